The van der Waals surface area contributed by atoms with Crippen LogP contribution in [0, 0.1) is 11.8 Å². The molecule has 0 bridgehead atoms. The first kappa shape index (κ1) is 9.57. The minimum atomic E-state index is 0.164. The molecule has 1 aliphatic rings. The summed E-state index contributed by atoms with van der Waals surface area (Å²) in [4.78, 5) is 0. The summed E-state index contributed by atoms with van der Waals surface area (Å²) in [5, 5.41) is 8.50. The van der Waals surface area contributed by atoms with Crippen molar-refractivity contribution < 1.29 is 9.84 Å². The van der Waals surface area contributed by atoms with Crippen LogP contribution in [0.1, 0.15) is 32.1 Å². The molecule has 1 N–H and O–H groups in total. The molecule has 1 fully saturated rings. The summed E-state index contributed by atoms with van der Waals surface area (Å²) >= 11 is 0. The molecule has 1 saturated heterocycles. The lowest BCUT2D eigenvalue weighted by Gasteiger charge is -2.16. The van der Waals surface area contributed by atoms with Gasteiger partial charge in [-0.05, 0) is 25.7 Å². The van der Waals surface area contributed by atoms with Gasteiger partial charge in [-0.15, -0.1) is 5.92 Å². The molecule has 68 valence electrons. The van der Waals surface area contributed by atoms with Crippen molar-refractivity contribution in [3.05, 3.63) is 0 Å². The third-order valence-electron chi connectivity index (χ3n) is 1.90. The van der Waals surface area contributed by atoms with Crippen molar-refractivity contribution in [1.82, 2.24) is 0 Å². The van der Waals surface area contributed by atoms with E-state index in [-0.39, 0.29) is 12.7 Å². The van der Waals surface area contributed by atoms with Crippen molar-refractivity contribution in [3.63, 3.8) is 0 Å². The van der Waals surface area contributed by atoms with E-state index in [1.807, 2.05) is 0 Å². The monoisotopic (exact) mass is 168 g/mol. The minimum absolute atomic E-state index is 0.164. The Morgan fingerprint density at radius 1 is 1.42 bits per heavy atom. The molecule has 12 heavy (non-hydrogen) atoms. The molecule has 0 aliphatic carbocycles. The highest BCUT2D eigenvalue weighted by Gasteiger charge is 2.09. The lowest BCUT2D eigenvalue weighted by Crippen LogP contribution is -2.16. The number of ether oxygens (including phenoxy) is 1. The average molecular weight is 168 g/mol. The van der Waals surface area contributed by atoms with E-state index in [0.29, 0.717) is 0 Å². The highest BCUT2D eigenvalue weighted by atomic mass is 16.5. The zero-order chi connectivity index (χ0) is 8.65. The van der Waals surface area contributed by atoms with Gasteiger partial charge in [0.2, 0.25) is 0 Å². The van der Waals surface area contributed by atoms with Crippen LogP contribution in [0.25, 0.3) is 0 Å². The van der Waals surface area contributed by atoms with E-state index >= 15 is 0 Å². The van der Waals surface area contributed by atoms with Crippen LogP contribution in [0.2, 0.25) is 0 Å². The van der Waals surface area contributed by atoms with E-state index in [2.05, 4.69) is 11.8 Å². The smallest absolute Gasteiger partial charge is 0.118 e. The minimum Gasteiger partial charge on any atom is -0.396 e. The number of aliphatic hydroxyl groups excluding tert-OH is 1. The second-order valence-electron chi connectivity index (χ2n) is 3.00. The quantitative estimate of drug-likeness (QED) is 0.498. The molecular weight excluding hydrogens is 152 g/mol. The molecule has 0 amide bonds. The maximum absolute atomic E-state index is 8.50. The van der Waals surface area contributed by atoms with Crippen LogP contribution in [0.3, 0.4) is 0 Å². The number of hydrogen-bond donors (Lipinski definition) is 1. The molecule has 1 atom stereocenters. The zero-order valence-corrected chi connectivity index (χ0v) is 7.38. The summed E-state index contributed by atoms with van der Waals surface area (Å²) in [6, 6.07) is 0. The average Bonchev–Trinajstić information content (AvgIpc) is 2.14. The highest BCUT2D eigenvalue weighted by molar-refractivity contribution is 5.05. The number of rotatable bonds is 2. The van der Waals surface area contributed by atoms with Gasteiger partial charge in [0.05, 0.1) is 0 Å². The molecule has 0 aromatic rings. The van der Waals surface area contributed by atoms with Gasteiger partial charge < -0.3 is 9.84 Å². The fraction of sp³-hybridized carbons (Fsp3) is 0.800. The normalized spacial score (nSPS) is 22.9. The van der Waals surface area contributed by atoms with E-state index in [1.54, 1.807) is 0 Å². The lowest BCUT2D eigenvalue weighted by atomic mass is 10.1. The van der Waals surface area contributed by atoms with Gasteiger partial charge in [-0.3, -0.25) is 0 Å². The molecule has 1 heterocycles. The molecule has 1 aliphatic heterocycles. The molecule has 0 spiro atoms. The maximum Gasteiger partial charge on any atom is 0.118 e. The predicted molar refractivity (Wildman–Crippen MR) is 47.7 cm³/mol. The summed E-state index contributed by atoms with van der Waals surface area (Å²) < 4.78 is 5.42. The van der Waals surface area contributed by atoms with Crippen molar-refractivity contribution in [2.45, 2.75) is 38.2 Å². The Bertz CT molecular complexity index is 160. The number of unbranched alkanes of at least 4 members (excludes halogenated alkanes) is 1. The van der Waals surface area contributed by atoms with E-state index in [1.165, 1.54) is 12.8 Å². The first-order chi connectivity index (χ1) is 5.93. The fourth-order valence-corrected chi connectivity index (χ4v) is 1.21. The molecule has 0 aromatic heterocycles. The van der Waals surface area contributed by atoms with Gasteiger partial charge in [0.25, 0.3) is 0 Å². The summed E-state index contributed by atoms with van der Waals surface area (Å²) in [5.74, 6) is 6.09. The van der Waals surface area contributed by atoms with Gasteiger partial charge in [-0.2, -0.15) is 0 Å². The van der Waals surface area contributed by atoms with Crippen molar-refractivity contribution in [3.8, 4) is 11.8 Å². The second-order valence-corrected chi connectivity index (χ2v) is 3.00. The van der Waals surface area contributed by atoms with Crippen LogP contribution < -0.4 is 0 Å². The van der Waals surface area contributed by atoms with Gasteiger partial charge >= 0.3 is 0 Å². The number of hydrogen-bond acceptors (Lipinski definition) is 2. The van der Waals surface area contributed by atoms with Crippen molar-refractivity contribution in [2.24, 2.45) is 0 Å². The Labute approximate surface area is 73.9 Å². The fourth-order valence-electron chi connectivity index (χ4n) is 1.21. The van der Waals surface area contributed by atoms with E-state index < -0.39 is 0 Å². The number of aliphatic hydroxyl groups is 1. The first-order valence-electron chi connectivity index (χ1n) is 4.64. The molecule has 1 rings (SSSR count). The first-order valence-corrected chi connectivity index (χ1v) is 4.64. The Hall–Kier alpha value is -0.520. The van der Waals surface area contributed by atoms with Crippen LogP contribution in [-0.2, 0) is 4.74 Å². The van der Waals surface area contributed by atoms with Crippen LogP contribution in [-0.4, -0.2) is 24.4 Å². The van der Waals surface area contributed by atoms with Gasteiger partial charge in [0.1, 0.15) is 6.10 Å². The second kappa shape index (κ2) is 6.05. The molecule has 0 radical (unpaired) electrons. The molecule has 2 nitrogen and oxygen atoms in total. The van der Waals surface area contributed by atoms with E-state index in [9.17, 15) is 0 Å². The Kier molecular flexibility index (Phi) is 4.82. The van der Waals surface area contributed by atoms with E-state index in [4.69, 9.17) is 9.84 Å². The summed E-state index contributed by atoms with van der Waals surface area (Å²) in [6.45, 7) is 1.10. The molecule has 2 heteroatoms. The van der Waals surface area contributed by atoms with Crippen LogP contribution in [0.5, 0.6) is 0 Å². The molecule has 0 aromatic carbocycles. The summed E-state index contributed by atoms with van der Waals surface area (Å²) in [5.41, 5.74) is 0. The molecular formula is C10H16O2. The maximum atomic E-state index is 8.50. The van der Waals surface area contributed by atoms with Gasteiger partial charge in [0, 0.05) is 19.6 Å². The summed E-state index contributed by atoms with van der Waals surface area (Å²) in [6.07, 6.45) is 5.22. The Balaban J connectivity index is 2.13. The van der Waals surface area contributed by atoms with Crippen LogP contribution >= 0.6 is 0 Å². The van der Waals surface area contributed by atoms with E-state index in [0.717, 1.165) is 25.9 Å². The van der Waals surface area contributed by atoms with Gasteiger partial charge in [-0.25, -0.2) is 0 Å². The third kappa shape index (κ3) is 3.75. The predicted octanol–water partition coefficient (Wildman–Crippen LogP) is 1.33. The highest BCUT2D eigenvalue weighted by Crippen LogP contribution is 2.11. The van der Waals surface area contributed by atoms with Crippen molar-refractivity contribution >= 4 is 0 Å². The lowest BCUT2D eigenvalue weighted by molar-refractivity contribution is 0.0525. The largest absolute Gasteiger partial charge is 0.396 e. The van der Waals surface area contributed by atoms with Crippen molar-refractivity contribution in [1.29, 1.82) is 0 Å². The van der Waals surface area contributed by atoms with Gasteiger partial charge in [-0.1, -0.05) is 5.92 Å². The standard InChI is InChI=1S/C10H16O2/c11-8-4-1-2-6-10-7-3-5-9-12-10/h10-11H,1,3-5,7-9H2. The van der Waals surface area contributed by atoms with Crippen molar-refractivity contribution in [2.75, 3.05) is 13.2 Å². The van der Waals surface area contributed by atoms with Gasteiger partial charge in [0.15, 0.2) is 0 Å². The Morgan fingerprint density at radius 3 is 3.00 bits per heavy atom. The molecule has 0 saturated carbocycles. The summed E-state index contributed by atoms with van der Waals surface area (Å²) in [7, 11) is 0. The van der Waals surface area contributed by atoms with Crippen LogP contribution in [0.4, 0.5) is 0 Å². The van der Waals surface area contributed by atoms with Crippen LogP contribution in [0.15, 0.2) is 0 Å². The third-order valence-corrected chi connectivity index (χ3v) is 1.90. The topological polar surface area (TPSA) is 29.5 Å². The zero-order valence-electron chi connectivity index (χ0n) is 7.38. The SMILES string of the molecule is OCCCC#CC1CCCCO1. The molecule has 1 unspecified atom stereocenters. The Morgan fingerprint density at radius 2 is 2.33 bits per heavy atom.